The molecular weight excluding hydrogens is 402 g/mol. The lowest BCUT2D eigenvalue weighted by molar-refractivity contribution is 0.0945. The molecular formula is C21H21N5O3S. The van der Waals surface area contributed by atoms with Crippen LogP contribution in [0.3, 0.4) is 0 Å². The fraction of sp³-hybridized carbons (Fsp3) is 0.238. The van der Waals surface area contributed by atoms with Crippen LogP contribution < -0.4 is 15.6 Å². The Bertz CT molecular complexity index is 1290. The van der Waals surface area contributed by atoms with Gasteiger partial charge in [-0.2, -0.15) is 0 Å². The van der Waals surface area contributed by atoms with E-state index in [0.717, 1.165) is 11.3 Å². The van der Waals surface area contributed by atoms with Gasteiger partial charge in [-0.3, -0.25) is 9.59 Å². The Hall–Kier alpha value is -3.46. The Balaban J connectivity index is 1.75. The predicted molar refractivity (Wildman–Crippen MR) is 115 cm³/mol. The number of ether oxygens (including phenoxy) is 1. The molecule has 0 fully saturated rings. The Morgan fingerprint density at radius 3 is 2.53 bits per heavy atom. The summed E-state index contributed by atoms with van der Waals surface area (Å²) in [5.74, 6) is 1.15. The second-order valence-corrected chi connectivity index (χ2v) is 7.97. The van der Waals surface area contributed by atoms with Gasteiger partial charge >= 0.3 is 0 Å². The van der Waals surface area contributed by atoms with Crippen molar-refractivity contribution < 1.29 is 9.53 Å². The third-order valence-corrected chi connectivity index (χ3v) is 6.26. The number of methoxy groups -OCH3 is 1. The van der Waals surface area contributed by atoms with Gasteiger partial charge in [-0.1, -0.05) is 12.1 Å². The van der Waals surface area contributed by atoms with E-state index >= 15 is 0 Å². The second-order valence-electron chi connectivity index (χ2n) is 6.97. The molecule has 0 radical (unpaired) electrons. The van der Waals surface area contributed by atoms with Crippen molar-refractivity contribution in [1.82, 2.24) is 24.4 Å². The van der Waals surface area contributed by atoms with Crippen molar-refractivity contribution in [3.8, 4) is 5.75 Å². The first-order valence-corrected chi connectivity index (χ1v) is 10.1. The van der Waals surface area contributed by atoms with Crippen molar-refractivity contribution in [3.05, 3.63) is 75.2 Å². The van der Waals surface area contributed by atoms with Gasteiger partial charge < -0.3 is 19.2 Å². The lowest BCUT2D eigenvalue weighted by Crippen LogP contribution is -2.31. The molecule has 4 aromatic rings. The number of aryl methyl sites for hydroxylation is 3. The summed E-state index contributed by atoms with van der Waals surface area (Å²) in [6, 6.07) is 7.01. The van der Waals surface area contributed by atoms with Gasteiger partial charge in [-0.05, 0) is 30.2 Å². The van der Waals surface area contributed by atoms with E-state index in [2.05, 4.69) is 15.3 Å². The average Bonchev–Trinajstić information content (AvgIpc) is 3.32. The summed E-state index contributed by atoms with van der Waals surface area (Å²) in [5, 5.41) is 3.56. The molecule has 0 aliphatic carbocycles. The SMILES string of the molecule is COc1ccc(C(NC(=O)c2sc3ncn(C)c(=O)c3c2C)c2nccn2C)cc1. The summed E-state index contributed by atoms with van der Waals surface area (Å²) in [5.41, 5.74) is 1.34. The van der Waals surface area contributed by atoms with Gasteiger partial charge in [0, 0.05) is 26.5 Å². The molecule has 0 saturated heterocycles. The van der Waals surface area contributed by atoms with E-state index in [1.54, 1.807) is 27.3 Å². The number of benzene rings is 1. The molecule has 3 heterocycles. The third kappa shape index (κ3) is 3.37. The highest BCUT2D eigenvalue weighted by molar-refractivity contribution is 7.20. The maximum Gasteiger partial charge on any atom is 0.262 e. The molecule has 0 spiro atoms. The van der Waals surface area contributed by atoms with Gasteiger partial charge in [0.05, 0.1) is 23.7 Å². The quantitative estimate of drug-likeness (QED) is 0.533. The summed E-state index contributed by atoms with van der Waals surface area (Å²) in [6.07, 6.45) is 4.99. The zero-order valence-corrected chi connectivity index (χ0v) is 17.9. The number of aromatic nitrogens is 4. The first kappa shape index (κ1) is 19.8. The fourth-order valence-electron chi connectivity index (χ4n) is 3.37. The summed E-state index contributed by atoms with van der Waals surface area (Å²) >= 11 is 1.22. The number of hydrogen-bond acceptors (Lipinski definition) is 6. The van der Waals surface area contributed by atoms with Crippen molar-refractivity contribution >= 4 is 27.5 Å². The molecule has 8 nitrogen and oxygen atoms in total. The summed E-state index contributed by atoms with van der Waals surface area (Å²) < 4.78 is 8.52. The first-order valence-electron chi connectivity index (χ1n) is 9.27. The number of nitrogens with one attached hydrogen (secondary N) is 1. The van der Waals surface area contributed by atoms with Crippen LogP contribution in [-0.2, 0) is 14.1 Å². The van der Waals surface area contributed by atoms with Gasteiger partial charge in [0.2, 0.25) is 0 Å². The third-order valence-electron chi connectivity index (χ3n) is 5.06. The number of hydrogen-bond donors (Lipinski definition) is 1. The van der Waals surface area contributed by atoms with Crippen LogP contribution in [0.15, 0.2) is 47.8 Å². The number of carbonyl (C=O) groups excluding carboxylic acids is 1. The minimum absolute atomic E-state index is 0.163. The number of imidazole rings is 1. The number of rotatable bonds is 5. The van der Waals surface area contributed by atoms with Crippen LogP contribution in [-0.4, -0.2) is 32.1 Å². The van der Waals surface area contributed by atoms with Crippen LogP contribution in [0.2, 0.25) is 0 Å². The van der Waals surface area contributed by atoms with E-state index in [0.29, 0.717) is 26.5 Å². The molecule has 4 rings (SSSR count). The van der Waals surface area contributed by atoms with Crippen molar-refractivity contribution in [1.29, 1.82) is 0 Å². The zero-order valence-electron chi connectivity index (χ0n) is 17.0. The van der Waals surface area contributed by atoms with E-state index < -0.39 is 6.04 Å². The van der Waals surface area contributed by atoms with Crippen LogP contribution in [0.1, 0.15) is 32.7 Å². The van der Waals surface area contributed by atoms with Crippen LogP contribution in [0.25, 0.3) is 10.2 Å². The van der Waals surface area contributed by atoms with Crippen molar-refractivity contribution in [3.63, 3.8) is 0 Å². The van der Waals surface area contributed by atoms with Crippen LogP contribution in [0.5, 0.6) is 5.75 Å². The molecule has 30 heavy (non-hydrogen) atoms. The maximum absolute atomic E-state index is 13.2. The van der Waals surface area contributed by atoms with Gasteiger partial charge in [0.15, 0.2) is 0 Å². The van der Waals surface area contributed by atoms with Crippen LogP contribution in [0.4, 0.5) is 0 Å². The minimum atomic E-state index is -0.469. The molecule has 3 aromatic heterocycles. The fourth-order valence-corrected chi connectivity index (χ4v) is 4.41. The molecule has 1 N–H and O–H groups in total. The number of carbonyl (C=O) groups is 1. The smallest absolute Gasteiger partial charge is 0.262 e. The molecule has 0 saturated carbocycles. The minimum Gasteiger partial charge on any atom is -0.497 e. The molecule has 9 heteroatoms. The zero-order chi connectivity index (χ0) is 21.4. The maximum atomic E-state index is 13.2. The molecule has 1 atom stereocenters. The Labute approximate surface area is 176 Å². The predicted octanol–water partition coefficient (Wildman–Crippen LogP) is 2.56. The van der Waals surface area contributed by atoms with Gasteiger partial charge in [0.1, 0.15) is 22.4 Å². The molecule has 0 aliphatic rings. The summed E-state index contributed by atoms with van der Waals surface area (Å²) in [7, 11) is 5.13. The van der Waals surface area contributed by atoms with E-state index in [9.17, 15) is 9.59 Å². The average molecular weight is 423 g/mol. The van der Waals surface area contributed by atoms with Crippen molar-refractivity contribution in [2.45, 2.75) is 13.0 Å². The van der Waals surface area contributed by atoms with Gasteiger partial charge in [0.25, 0.3) is 11.5 Å². The molecule has 1 unspecified atom stereocenters. The Morgan fingerprint density at radius 1 is 1.17 bits per heavy atom. The van der Waals surface area contributed by atoms with Crippen LogP contribution >= 0.6 is 11.3 Å². The van der Waals surface area contributed by atoms with Gasteiger partial charge in [-0.15, -0.1) is 11.3 Å². The van der Waals surface area contributed by atoms with Crippen molar-refractivity contribution in [2.24, 2.45) is 14.1 Å². The topological polar surface area (TPSA) is 91.0 Å². The Morgan fingerprint density at radius 2 is 1.90 bits per heavy atom. The molecule has 1 amide bonds. The largest absolute Gasteiger partial charge is 0.497 e. The van der Waals surface area contributed by atoms with E-state index in [1.165, 1.54) is 22.2 Å². The highest BCUT2D eigenvalue weighted by Gasteiger charge is 2.25. The van der Waals surface area contributed by atoms with Gasteiger partial charge in [-0.25, -0.2) is 9.97 Å². The monoisotopic (exact) mass is 423 g/mol. The molecule has 0 bridgehead atoms. The second kappa shape index (κ2) is 7.75. The van der Waals surface area contributed by atoms with Crippen molar-refractivity contribution in [2.75, 3.05) is 7.11 Å². The highest BCUT2D eigenvalue weighted by atomic mass is 32.1. The molecule has 0 aliphatic heterocycles. The summed E-state index contributed by atoms with van der Waals surface area (Å²) in [6.45, 7) is 1.78. The van der Waals surface area contributed by atoms with E-state index in [-0.39, 0.29) is 11.5 Å². The molecule has 1 aromatic carbocycles. The van der Waals surface area contributed by atoms with E-state index in [4.69, 9.17) is 4.74 Å². The summed E-state index contributed by atoms with van der Waals surface area (Å²) in [4.78, 5) is 35.5. The standard InChI is InChI=1S/C21H21N5O3S/c1-12-15-20(23-11-26(3)21(15)28)30-17(12)19(27)24-16(18-22-9-10-25(18)2)13-5-7-14(29-4)8-6-13/h5-11,16H,1-4H3,(H,24,27). The lowest BCUT2D eigenvalue weighted by atomic mass is 10.1. The van der Waals surface area contributed by atoms with Crippen LogP contribution in [0, 0.1) is 6.92 Å². The Kier molecular flexibility index (Phi) is 5.13. The van der Waals surface area contributed by atoms with E-state index in [1.807, 2.05) is 42.1 Å². The lowest BCUT2D eigenvalue weighted by Gasteiger charge is -2.19. The number of amides is 1. The number of nitrogens with zero attached hydrogens (tertiary/aromatic N) is 4. The normalized spacial score (nSPS) is 12.1. The number of thiophene rings is 1. The number of fused-ring (bicyclic) bond motifs is 1. The molecule has 154 valence electrons. The highest BCUT2D eigenvalue weighted by Crippen LogP contribution is 2.29. The first-order chi connectivity index (χ1) is 14.4.